The molecule has 0 bridgehead atoms. The second kappa shape index (κ2) is 10.4. The highest BCUT2D eigenvalue weighted by atomic mass is 32.2. The zero-order valence-electron chi connectivity index (χ0n) is 23.5. The molecule has 0 radical (unpaired) electrons. The molecule has 5 rings (SSSR count). The average molecular weight is 586 g/mol. The quantitative estimate of drug-likeness (QED) is 0.220. The number of pyridine rings is 1. The van der Waals surface area contributed by atoms with E-state index in [1.807, 2.05) is 72.4 Å². The molecule has 0 amide bonds. The van der Waals surface area contributed by atoms with E-state index < -0.39 is 24.4 Å². The van der Waals surface area contributed by atoms with E-state index in [9.17, 15) is 16.8 Å². The van der Waals surface area contributed by atoms with Crippen molar-refractivity contribution in [2.24, 2.45) is 7.05 Å². The smallest absolute Gasteiger partial charge is 0.175 e. The maximum atomic E-state index is 12.7. The number of rotatable bonds is 7. The molecule has 0 saturated carbocycles. The summed E-state index contributed by atoms with van der Waals surface area (Å²) < 4.78 is 50.3. The Morgan fingerprint density at radius 1 is 0.854 bits per heavy atom. The Bertz CT molecular complexity index is 2020. The van der Waals surface area contributed by atoms with Crippen LogP contribution in [-0.2, 0) is 31.5 Å². The summed E-state index contributed by atoms with van der Waals surface area (Å²) in [6, 6.07) is 22.3. The maximum absolute atomic E-state index is 12.7. The van der Waals surface area contributed by atoms with Crippen LogP contribution in [0.15, 0.2) is 96.3 Å². The number of nitrogens with zero attached hydrogens (tertiary/aromatic N) is 3. The highest BCUT2D eigenvalue weighted by Gasteiger charge is 2.33. The third-order valence-corrected chi connectivity index (χ3v) is 10.7. The van der Waals surface area contributed by atoms with E-state index in [4.69, 9.17) is 0 Å². The molecule has 9 heteroatoms. The van der Waals surface area contributed by atoms with Crippen LogP contribution in [0.25, 0.3) is 33.7 Å². The van der Waals surface area contributed by atoms with Crippen LogP contribution in [-0.4, -0.2) is 43.9 Å². The molecule has 2 heterocycles. The van der Waals surface area contributed by atoms with E-state index in [-0.39, 0.29) is 4.90 Å². The summed E-state index contributed by atoms with van der Waals surface area (Å²) in [4.78, 5) is 9.44. The van der Waals surface area contributed by atoms with Crippen LogP contribution in [0, 0.1) is 0 Å². The lowest BCUT2D eigenvalue weighted by Gasteiger charge is -2.24. The minimum absolute atomic E-state index is 0.249. The largest absolute Gasteiger partial charge is 0.334 e. The number of aromatic nitrogens is 3. The van der Waals surface area contributed by atoms with Crippen LogP contribution >= 0.6 is 0 Å². The summed E-state index contributed by atoms with van der Waals surface area (Å²) in [5.74, 6) is 0.728. The van der Waals surface area contributed by atoms with Gasteiger partial charge in [0.1, 0.15) is 5.82 Å². The first-order valence-electron chi connectivity index (χ1n) is 12.9. The molecule has 0 aliphatic carbocycles. The molecule has 3 aromatic carbocycles. The fraction of sp³-hybridized carbons (Fsp3) is 0.188. The molecular formula is C32H31N3O4S2. The molecule has 0 saturated heterocycles. The number of hydrogen-bond donors (Lipinski definition) is 0. The number of imidazole rings is 1. The standard InChI is InChI=1S/C32H31N3O4S2/c1-32(2,41(5,38)39)26-20-25-10-7-15-33-30(25)28(21-26)24-9-6-8-22(18-24)19-29(31-34-16-17-35(31)3)23-11-13-27(14-12-23)40(4,36)37/h6-21H,1-5H3/b29-19-. The van der Waals surface area contributed by atoms with E-state index in [0.717, 1.165) is 44.6 Å². The average Bonchev–Trinajstić information content (AvgIpc) is 3.35. The van der Waals surface area contributed by atoms with Crippen molar-refractivity contribution in [3.63, 3.8) is 0 Å². The van der Waals surface area contributed by atoms with Gasteiger partial charge in [-0.25, -0.2) is 21.8 Å². The monoisotopic (exact) mass is 585 g/mol. The van der Waals surface area contributed by atoms with Crippen molar-refractivity contribution in [1.29, 1.82) is 0 Å². The molecule has 7 nitrogen and oxygen atoms in total. The Morgan fingerprint density at radius 3 is 2.22 bits per heavy atom. The number of hydrogen-bond acceptors (Lipinski definition) is 6. The van der Waals surface area contributed by atoms with Gasteiger partial charge in [-0.2, -0.15) is 0 Å². The van der Waals surface area contributed by atoms with Gasteiger partial charge in [-0.1, -0.05) is 36.4 Å². The van der Waals surface area contributed by atoms with Crippen molar-refractivity contribution in [2.45, 2.75) is 23.5 Å². The molecule has 0 unspecified atom stereocenters. The molecule has 0 fully saturated rings. The summed E-state index contributed by atoms with van der Waals surface area (Å²) in [7, 11) is -4.82. The van der Waals surface area contributed by atoms with Gasteiger partial charge in [-0.05, 0) is 78.6 Å². The van der Waals surface area contributed by atoms with Crippen molar-refractivity contribution in [3.8, 4) is 11.1 Å². The second-order valence-corrected chi connectivity index (χ2v) is 15.3. The Labute approximate surface area is 241 Å². The molecular weight excluding hydrogens is 555 g/mol. The van der Waals surface area contributed by atoms with Gasteiger partial charge in [0, 0.05) is 54.7 Å². The lowest BCUT2D eigenvalue weighted by atomic mass is 9.92. The van der Waals surface area contributed by atoms with Gasteiger partial charge in [0.25, 0.3) is 0 Å². The molecule has 41 heavy (non-hydrogen) atoms. The molecule has 0 N–H and O–H groups in total. The minimum Gasteiger partial charge on any atom is -0.334 e. The predicted octanol–water partition coefficient (Wildman–Crippen LogP) is 5.91. The fourth-order valence-corrected chi connectivity index (χ4v) is 5.90. The van der Waals surface area contributed by atoms with Crippen molar-refractivity contribution >= 4 is 42.2 Å². The van der Waals surface area contributed by atoms with Crippen molar-refractivity contribution in [1.82, 2.24) is 14.5 Å². The number of sulfone groups is 2. The zero-order valence-corrected chi connectivity index (χ0v) is 25.2. The maximum Gasteiger partial charge on any atom is 0.175 e. The predicted molar refractivity (Wildman–Crippen MR) is 165 cm³/mol. The highest BCUT2D eigenvalue weighted by Crippen LogP contribution is 2.37. The van der Waals surface area contributed by atoms with Gasteiger partial charge in [-0.15, -0.1) is 0 Å². The van der Waals surface area contributed by atoms with Crippen LogP contribution in [0.1, 0.15) is 36.4 Å². The van der Waals surface area contributed by atoms with Crippen LogP contribution in [0.4, 0.5) is 0 Å². The van der Waals surface area contributed by atoms with Crippen LogP contribution < -0.4 is 0 Å². The Hall–Kier alpha value is -4.08. The highest BCUT2D eigenvalue weighted by molar-refractivity contribution is 7.91. The summed E-state index contributed by atoms with van der Waals surface area (Å²) >= 11 is 0. The van der Waals surface area contributed by atoms with Crippen molar-refractivity contribution < 1.29 is 16.8 Å². The zero-order chi connectivity index (χ0) is 29.6. The van der Waals surface area contributed by atoms with Gasteiger partial charge in [-0.3, -0.25) is 4.98 Å². The van der Waals surface area contributed by atoms with Crippen molar-refractivity contribution in [2.75, 3.05) is 12.5 Å². The van der Waals surface area contributed by atoms with Crippen LogP contribution in [0.2, 0.25) is 0 Å². The Morgan fingerprint density at radius 2 is 1.59 bits per heavy atom. The molecule has 2 aromatic heterocycles. The Kier molecular flexibility index (Phi) is 7.21. The molecule has 0 spiro atoms. The molecule has 5 aromatic rings. The van der Waals surface area contributed by atoms with Gasteiger partial charge < -0.3 is 4.57 Å². The Balaban J connectivity index is 1.69. The molecule has 0 atom stereocenters. The second-order valence-electron chi connectivity index (χ2n) is 10.7. The van der Waals surface area contributed by atoms with E-state index in [1.54, 1.807) is 50.5 Å². The van der Waals surface area contributed by atoms with E-state index in [1.165, 1.54) is 12.5 Å². The number of benzene rings is 3. The third-order valence-electron chi connectivity index (χ3n) is 7.49. The van der Waals surface area contributed by atoms with E-state index in [0.29, 0.717) is 5.56 Å². The lowest BCUT2D eigenvalue weighted by molar-refractivity contribution is 0.561. The number of fused-ring (bicyclic) bond motifs is 1. The topological polar surface area (TPSA) is 99.0 Å². The summed E-state index contributed by atoms with van der Waals surface area (Å²) in [5.41, 5.74) is 5.73. The normalized spacial score (nSPS) is 13.0. The molecule has 210 valence electrons. The van der Waals surface area contributed by atoms with Gasteiger partial charge in [0.2, 0.25) is 0 Å². The summed E-state index contributed by atoms with van der Waals surface area (Å²) in [6.07, 6.45) is 9.77. The third kappa shape index (κ3) is 5.60. The fourth-order valence-electron chi connectivity index (χ4n) is 4.72. The summed E-state index contributed by atoms with van der Waals surface area (Å²) in [5, 5.41) is 0.859. The first-order chi connectivity index (χ1) is 19.3. The van der Waals surface area contributed by atoms with E-state index in [2.05, 4.69) is 9.97 Å². The number of aryl methyl sites for hydroxylation is 1. The molecule has 0 aliphatic heterocycles. The van der Waals surface area contributed by atoms with Gasteiger partial charge in [0.05, 0.1) is 15.2 Å². The molecule has 0 aliphatic rings. The van der Waals surface area contributed by atoms with Crippen molar-refractivity contribution in [3.05, 3.63) is 114 Å². The van der Waals surface area contributed by atoms with Crippen LogP contribution in [0.5, 0.6) is 0 Å². The van der Waals surface area contributed by atoms with E-state index >= 15 is 0 Å². The van der Waals surface area contributed by atoms with Gasteiger partial charge in [0.15, 0.2) is 19.7 Å². The van der Waals surface area contributed by atoms with Crippen LogP contribution in [0.3, 0.4) is 0 Å². The van der Waals surface area contributed by atoms with Gasteiger partial charge >= 0.3 is 0 Å². The first kappa shape index (κ1) is 28.4. The summed E-state index contributed by atoms with van der Waals surface area (Å²) in [6.45, 7) is 3.44. The first-order valence-corrected chi connectivity index (χ1v) is 16.7. The SMILES string of the molecule is Cn1ccnc1/C(=C\c1cccc(-c2cc(C(C)(C)S(C)(=O)=O)cc3cccnc23)c1)c1ccc(S(C)(=O)=O)cc1. The lowest BCUT2D eigenvalue weighted by Crippen LogP contribution is -2.28. The minimum atomic E-state index is -3.40.